The molecule has 1 fully saturated rings. The van der Waals surface area contributed by atoms with Gasteiger partial charge in [0.15, 0.2) is 0 Å². The topological polar surface area (TPSA) is 66.5 Å². The third-order valence-electron chi connectivity index (χ3n) is 2.91. The minimum Gasteiger partial charge on any atom is -0.277 e. The minimum atomic E-state index is -1.07. The van der Waals surface area contributed by atoms with Crippen molar-refractivity contribution in [2.24, 2.45) is 5.92 Å². The maximum absolute atomic E-state index is 13.8. The first-order valence-electron chi connectivity index (χ1n) is 5.70. The predicted octanol–water partition coefficient (Wildman–Crippen LogP) is 2.34. The standard InChI is InChI=1S/C12H9BrF2N2O3/c1-2-5-10(18)16-12(20)17(11(5)19)9-3-6(13)7(14)4-8(9)15/h3-5H,2H2,1H3,(H,16,18,20). The van der Waals surface area contributed by atoms with Gasteiger partial charge in [-0.1, -0.05) is 6.92 Å². The Morgan fingerprint density at radius 1 is 1.25 bits per heavy atom. The number of nitrogens with zero attached hydrogens (tertiary/aromatic N) is 1. The zero-order chi connectivity index (χ0) is 15.0. The van der Waals surface area contributed by atoms with Crippen molar-refractivity contribution in [3.05, 3.63) is 28.2 Å². The molecule has 5 nitrogen and oxygen atoms in total. The summed E-state index contributed by atoms with van der Waals surface area (Å²) in [5.41, 5.74) is -0.410. The van der Waals surface area contributed by atoms with Gasteiger partial charge in [0.1, 0.15) is 17.6 Å². The number of halogens is 3. The monoisotopic (exact) mass is 346 g/mol. The molecule has 4 amide bonds. The molecule has 1 aromatic carbocycles. The molecule has 1 atom stereocenters. The molecule has 1 saturated heterocycles. The predicted molar refractivity (Wildman–Crippen MR) is 68.9 cm³/mol. The smallest absolute Gasteiger partial charge is 0.277 e. The van der Waals surface area contributed by atoms with Crippen LogP contribution in [0.2, 0.25) is 0 Å². The number of barbiturate groups is 1. The van der Waals surface area contributed by atoms with Crippen LogP contribution in [0.1, 0.15) is 13.3 Å². The fourth-order valence-corrected chi connectivity index (χ4v) is 2.22. The number of hydrogen-bond donors (Lipinski definition) is 1. The first-order valence-corrected chi connectivity index (χ1v) is 6.49. The van der Waals surface area contributed by atoms with Crippen molar-refractivity contribution in [1.29, 1.82) is 0 Å². The van der Waals surface area contributed by atoms with Gasteiger partial charge in [0.25, 0.3) is 0 Å². The molecule has 0 saturated carbocycles. The van der Waals surface area contributed by atoms with E-state index < -0.39 is 41.1 Å². The van der Waals surface area contributed by atoms with Crippen molar-refractivity contribution in [1.82, 2.24) is 5.32 Å². The number of urea groups is 1. The first-order chi connectivity index (χ1) is 9.36. The zero-order valence-electron chi connectivity index (χ0n) is 10.2. The van der Waals surface area contributed by atoms with E-state index in [1.807, 2.05) is 5.32 Å². The van der Waals surface area contributed by atoms with Crippen LogP contribution < -0.4 is 10.2 Å². The van der Waals surface area contributed by atoms with Gasteiger partial charge in [-0.15, -0.1) is 0 Å². The van der Waals surface area contributed by atoms with Crippen molar-refractivity contribution in [2.75, 3.05) is 4.90 Å². The van der Waals surface area contributed by atoms with Gasteiger partial charge in [0, 0.05) is 6.07 Å². The first kappa shape index (κ1) is 14.6. The van der Waals surface area contributed by atoms with E-state index in [1.165, 1.54) is 0 Å². The van der Waals surface area contributed by atoms with Crippen molar-refractivity contribution < 1.29 is 23.2 Å². The molecule has 2 rings (SSSR count). The summed E-state index contributed by atoms with van der Waals surface area (Å²) in [5.74, 6) is -4.56. The van der Waals surface area contributed by atoms with E-state index in [-0.39, 0.29) is 10.9 Å². The average molecular weight is 347 g/mol. The van der Waals surface area contributed by atoms with Gasteiger partial charge >= 0.3 is 6.03 Å². The number of carbonyl (C=O) groups is 3. The summed E-state index contributed by atoms with van der Waals surface area (Å²) >= 11 is 2.85. The van der Waals surface area contributed by atoms with E-state index >= 15 is 0 Å². The minimum absolute atomic E-state index is 0.0977. The van der Waals surface area contributed by atoms with Crippen molar-refractivity contribution in [2.45, 2.75) is 13.3 Å². The van der Waals surface area contributed by atoms with E-state index in [0.717, 1.165) is 6.07 Å². The number of anilines is 1. The zero-order valence-corrected chi connectivity index (χ0v) is 11.8. The summed E-state index contributed by atoms with van der Waals surface area (Å²) in [7, 11) is 0. The maximum atomic E-state index is 13.8. The van der Waals surface area contributed by atoms with Crippen LogP contribution in [0.15, 0.2) is 16.6 Å². The molecule has 0 spiro atoms. The molecule has 0 aliphatic carbocycles. The van der Waals surface area contributed by atoms with Crippen LogP contribution in [0.5, 0.6) is 0 Å². The van der Waals surface area contributed by atoms with E-state index in [0.29, 0.717) is 11.0 Å². The van der Waals surface area contributed by atoms with Gasteiger partial charge in [-0.3, -0.25) is 14.9 Å². The molecule has 1 unspecified atom stereocenters. The van der Waals surface area contributed by atoms with E-state index in [2.05, 4.69) is 15.9 Å². The molecule has 0 radical (unpaired) electrons. The Bertz CT molecular complexity index is 621. The summed E-state index contributed by atoms with van der Waals surface area (Å²) in [6.07, 6.45) is 0.165. The molecule has 0 aromatic heterocycles. The molecule has 1 aliphatic heterocycles. The summed E-state index contributed by atoms with van der Waals surface area (Å²) in [6.45, 7) is 1.59. The van der Waals surface area contributed by atoms with Crippen LogP contribution >= 0.6 is 15.9 Å². The molecule has 1 aromatic rings. The largest absolute Gasteiger partial charge is 0.335 e. The number of nitrogens with one attached hydrogen (secondary N) is 1. The molecule has 0 bridgehead atoms. The lowest BCUT2D eigenvalue weighted by atomic mass is 10.0. The van der Waals surface area contributed by atoms with E-state index in [9.17, 15) is 23.2 Å². The molecule has 20 heavy (non-hydrogen) atoms. The summed E-state index contributed by atoms with van der Waals surface area (Å²) in [4.78, 5) is 35.8. The lowest BCUT2D eigenvalue weighted by Gasteiger charge is -2.29. The fraction of sp³-hybridized carbons (Fsp3) is 0.250. The highest BCUT2D eigenvalue weighted by Gasteiger charge is 2.41. The van der Waals surface area contributed by atoms with Crippen LogP contribution in [0.3, 0.4) is 0 Å². The van der Waals surface area contributed by atoms with Crippen LogP contribution in [0.4, 0.5) is 19.3 Å². The highest BCUT2D eigenvalue weighted by molar-refractivity contribution is 9.10. The number of carbonyl (C=O) groups excluding carboxylic acids is 3. The number of imide groups is 2. The third kappa shape index (κ3) is 2.31. The van der Waals surface area contributed by atoms with Gasteiger partial charge in [-0.25, -0.2) is 18.5 Å². The highest BCUT2D eigenvalue weighted by atomic mass is 79.9. The van der Waals surface area contributed by atoms with E-state index in [4.69, 9.17) is 0 Å². The van der Waals surface area contributed by atoms with Crippen molar-refractivity contribution >= 4 is 39.5 Å². The highest BCUT2D eigenvalue weighted by Crippen LogP contribution is 2.29. The Hall–Kier alpha value is -1.83. The number of hydrogen-bond acceptors (Lipinski definition) is 3. The molecule has 1 heterocycles. The van der Waals surface area contributed by atoms with Gasteiger partial charge in [-0.2, -0.15) is 0 Å². The fourth-order valence-electron chi connectivity index (χ4n) is 1.89. The third-order valence-corrected chi connectivity index (χ3v) is 3.51. The Morgan fingerprint density at radius 3 is 2.50 bits per heavy atom. The second-order valence-electron chi connectivity index (χ2n) is 4.15. The van der Waals surface area contributed by atoms with Gasteiger partial charge in [0.05, 0.1) is 10.2 Å². The van der Waals surface area contributed by atoms with Crippen LogP contribution in [-0.2, 0) is 9.59 Å². The van der Waals surface area contributed by atoms with Crippen LogP contribution in [0, 0.1) is 17.6 Å². The van der Waals surface area contributed by atoms with Crippen molar-refractivity contribution in [3.63, 3.8) is 0 Å². The quantitative estimate of drug-likeness (QED) is 0.660. The Kier molecular flexibility index (Phi) is 3.85. The molecule has 1 N–H and O–H groups in total. The SMILES string of the molecule is CCC1C(=O)NC(=O)N(c2cc(Br)c(F)cc2F)C1=O. The maximum Gasteiger partial charge on any atom is 0.335 e. The molecular weight excluding hydrogens is 338 g/mol. The van der Waals surface area contributed by atoms with Crippen molar-refractivity contribution in [3.8, 4) is 0 Å². The second kappa shape index (κ2) is 5.28. The van der Waals surface area contributed by atoms with Crippen LogP contribution in [0.25, 0.3) is 0 Å². The second-order valence-corrected chi connectivity index (χ2v) is 5.00. The lowest BCUT2D eigenvalue weighted by molar-refractivity contribution is -0.134. The molecule has 106 valence electrons. The summed E-state index contributed by atoms with van der Waals surface area (Å²) in [5, 5.41) is 1.97. The van der Waals surface area contributed by atoms with E-state index in [1.54, 1.807) is 6.92 Å². The molecule has 8 heteroatoms. The van der Waals surface area contributed by atoms with Crippen LogP contribution in [-0.4, -0.2) is 17.8 Å². The van der Waals surface area contributed by atoms with Gasteiger partial charge < -0.3 is 0 Å². The molecule has 1 aliphatic rings. The Labute approximate surface area is 121 Å². The summed E-state index contributed by atoms with van der Waals surface area (Å²) < 4.78 is 26.9. The lowest BCUT2D eigenvalue weighted by Crippen LogP contribution is -2.58. The molecular formula is C12H9BrF2N2O3. The van der Waals surface area contributed by atoms with Gasteiger partial charge in [-0.05, 0) is 28.4 Å². The average Bonchev–Trinajstić information content (AvgIpc) is 2.35. The Morgan fingerprint density at radius 2 is 1.90 bits per heavy atom. The Balaban J connectivity index is 2.50. The van der Waals surface area contributed by atoms with Gasteiger partial charge in [0.2, 0.25) is 11.8 Å². The normalized spacial score (nSPS) is 19.3. The summed E-state index contributed by atoms with van der Waals surface area (Å²) in [6, 6.07) is 0.476. The number of benzene rings is 1. The number of amides is 4. The number of rotatable bonds is 2.